The number of hydrogen-bond donors (Lipinski definition) is 0. The molecule has 0 saturated carbocycles. The third kappa shape index (κ3) is 3.26. The van der Waals surface area contributed by atoms with Crippen molar-refractivity contribution in [1.29, 1.82) is 0 Å². The summed E-state index contributed by atoms with van der Waals surface area (Å²) in [6.45, 7) is 2.35. The SMILES string of the molecule is c1ccc(Oc2ccc(OCC3COC3)cc2)cc1. The standard InChI is InChI=1S/C16H16O3/c1-2-4-15(5-3-1)19-16-8-6-14(7-9-16)18-12-13-10-17-11-13/h1-9,13H,10-12H2. The monoisotopic (exact) mass is 256 g/mol. The molecule has 1 aliphatic rings. The molecule has 2 aromatic rings. The topological polar surface area (TPSA) is 27.7 Å². The first-order chi connectivity index (χ1) is 9.40. The average Bonchev–Trinajstić information content (AvgIpc) is 2.40. The maximum absolute atomic E-state index is 5.72. The van der Waals surface area contributed by atoms with E-state index in [2.05, 4.69) is 0 Å². The molecule has 0 atom stereocenters. The van der Waals surface area contributed by atoms with Crippen LogP contribution in [0, 0.1) is 5.92 Å². The Morgan fingerprint density at radius 2 is 1.47 bits per heavy atom. The molecule has 0 amide bonds. The fourth-order valence-corrected chi connectivity index (χ4v) is 1.82. The molecule has 0 aromatic heterocycles. The van der Waals surface area contributed by atoms with Gasteiger partial charge in [0.05, 0.1) is 19.8 Å². The van der Waals surface area contributed by atoms with Gasteiger partial charge >= 0.3 is 0 Å². The predicted molar refractivity (Wildman–Crippen MR) is 72.8 cm³/mol. The van der Waals surface area contributed by atoms with Crippen molar-refractivity contribution in [2.45, 2.75) is 0 Å². The smallest absolute Gasteiger partial charge is 0.127 e. The Kier molecular flexibility index (Phi) is 3.65. The largest absolute Gasteiger partial charge is 0.493 e. The molecule has 2 aromatic carbocycles. The van der Waals surface area contributed by atoms with E-state index in [9.17, 15) is 0 Å². The average molecular weight is 256 g/mol. The fourth-order valence-electron chi connectivity index (χ4n) is 1.82. The summed E-state index contributed by atoms with van der Waals surface area (Å²) in [5.41, 5.74) is 0. The summed E-state index contributed by atoms with van der Waals surface area (Å²) in [6.07, 6.45) is 0. The van der Waals surface area contributed by atoms with Crippen molar-refractivity contribution in [3.05, 3.63) is 54.6 Å². The Balaban J connectivity index is 1.56. The van der Waals surface area contributed by atoms with E-state index in [0.29, 0.717) is 5.92 Å². The van der Waals surface area contributed by atoms with E-state index in [1.165, 1.54) is 0 Å². The molecule has 1 fully saturated rings. The Morgan fingerprint density at radius 1 is 0.842 bits per heavy atom. The molecule has 1 saturated heterocycles. The van der Waals surface area contributed by atoms with E-state index in [1.54, 1.807) is 0 Å². The van der Waals surface area contributed by atoms with Crippen LogP contribution in [0.3, 0.4) is 0 Å². The van der Waals surface area contributed by atoms with Crippen molar-refractivity contribution in [3.63, 3.8) is 0 Å². The van der Waals surface area contributed by atoms with Gasteiger partial charge in [0.15, 0.2) is 0 Å². The third-order valence-corrected chi connectivity index (χ3v) is 3.00. The molecule has 0 N–H and O–H groups in total. The molecule has 1 aliphatic heterocycles. The minimum absolute atomic E-state index is 0.542. The van der Waals surface area contributed by atoms with Crippen molar-refractivity contribution in [2.24, 2.45) is 5.92 Å². The Hall–Kier alpha value is -2.00. The van der Waals surface area contributed by atoms with Gasteiger partial charge < -0.3 is 14.2 Å². The first-order valence-electron chi connectivity index (χ1n) is 6.44. The molecule has 0 spiro atoms. The summed E-state index contributed by atoms with van der Waals surface area (Å²) in [6, 6.07) is 17.4. The van der Waals surface area contributed by atoms with Gasteiger partial charge in [-0.1, -0.05) is 18.2 Å². The summed E-state index contributed by atoms with van der Waals surface area (Å²) >= 11 is 0. The second-order valence-corrected chi connectivity index (χ2v) is 4.60. The lowest BCUT2D eigenvalue weighted by molar-refractivity contribution is -0.0508. The quantitative estimate of drug-likeness (QED) is 0.819. The van der Waals surface area contributed by atoms with E-state index in [4.69, 9.17) is 14.2 Å². The third-order valence-electron chi connectivity index (χ3n) is 3.00. The van der Waals surface area contributed by atoms with Crippen LogP contribution < -0.4 is 9.47 Å². The van der Waals surface area contributed by atoms with Crippen LogP contribution in [-0.2, 0) is 4.74 Å². The first-order valence-corrected chi connectivity index (χ1v) is 6.44. The van der Waals surface area contributed by atoms with Crippen molar-refractivity contribution >= 4 is 0 Å². The first kappa shape index (κ1) is 12.1. The van der Waals surface area contributed by atoms with Gasteiger partial charge in [-0.2, -0.15) is 0 Å². The lowest BCUT2D eigenvalue weighted by Gasteiger charge is -2.25. The van der Waals surface area contributed by atoms with Crippen molar-refractivity contribution in [3.8, 4) is 17.2 Å². The molecule has 0 bridgehead atoms. The molecule has 3 rings (SSSR count). The van der Waals surface area contributed by atoms with E-state index in [0.717, 1.165) is 37.1 Å². The lowest BCUT2D eigenvalue weighted by atomic mass is 10.1. The Morgan fingerprint density at radius 3 is 2.11 bits per heavy atom. The van der Waals surface area contributed by atoms with Gasteiger partial charge in [-0.3, -0.25) is 0 Å². The summed E-state index contributed by atoms with van der Waals surface area (Å²) in [5, 5.41) is 0. The summed E-state index contributed by atoms with van der Waals surface area (Å²) in [4.78, 5) is 0. The molecule has 98 valence electrons. The van der Waals surface area contributed by atoms with Crippen LogP contribution in [0.15, 0.2) is 54.6 Å². The van der Waals surface area contributed by atoms with Crippen molar-refractivity contribution < 1.29 is 14.2 Å². The van der Waals surface area contributed by atoms with Gasteiger partial charge in [0, 0.05) is 5.92 Å². The van der Waals surface area contributed by atoms with E-state index in [1.807, 2.05) is 54.6 Å². The number of ether oxygens (including phenoxy) is 3. The Bertz CT molecular complexity index is 503. The van der Waals surface area contributed by atoms with Gasteiger partial charge in [-0.05, 0) is 36.4 Å². The maximum atomic E-state index is 5.72. The van der Waals surface area contributed by atoms with Crippen molar-refractivity contribution in [1.82, 2.24) is 0 Å². The van der Waals surface area contributed by atoms with Gasteiger partial charge in [0.25, 0.3) is 0 Å². The molecule has 3 heteroatoms. The second kappa shape index (κ2) is 5.76. The highest BCUT2D eigenvalue weighted by atomic mass is 16.5. The molecule has 1 heterocycles. The highest BCUT2D eigenvalue weighted by Gasteiger charge is 2.18. The summed E-state index contributed by atoms with van der Waals surface area (Å²) in [5.74, 6) is 3.06. The zero-order valence-corrected chi connectivity index (χ0v) is 10.6. The summed E-state index contributed by atoms with van der Waals surface area (Å²) in [7, 11) is 0. The Labute approximate surface area is 112 Å². The van der Waals surface area contributed by atoms with Gasteiger partial charge in [-0.15, -0.1) is 0 Å². The summed E-state index contributed by atoms with van der Waals surface area (Å²) < 4.78 is 16.5. The fraction of sp³-hybridized carbons (Fsp3) is 0.250. The molecule has 0 unspecified atom stereocenters. The van der Waals surface area contributed by atoms with Gasteiger partial charge in [0.1, 0.15) is 17.2 Å². The normalized spacial score (nSPS) is 14.7. The van der Waals surface area contributed by atoms with Crippen molar-refractivity contribution in [2.75, 3.05) is 19.8 Å². The molecule has 19 heavy (non-hydrogen) atoms. The van der Waals surface area contributed by atoms with E-state index < -0.39 is 0 Å². The van der Waals surface area contributed by atoms with Crippen LogP contribution in [0.2, 0.25) is 0 Å². The van der Waals surface area contributed by atoms with Crippen LogP contribution >= 0.6 is 0 Å². The second-order valence-electron chi connectivity index (χ2n) is 4.60. The highest BCUT2D eigenvalue weighted by molar-refractivity contribution is 5.35. The van der Waals surface area contributed by atoms with Crippen LogP contribution in [0.4, 0.5) is 0 Å². The van der Waals surface area contributed by atoms with Crippen LogP contribution in [0.25, 0.3) is 0 Å². The number of para-hydroxylation sites is 1. The lowest BCUT2D eigenvalue weighted by Crippen LogP contribution is -2.32. The highest BCUT2D eigenvalue weighted by Crippen LogP contribution is 2.24. The van der Waals surface area contributed by atoms with E-state index >= 15 is 0 Å². The van der Waals surface area contributed by atoms with Crippen LogP contribution in [0.5, 0.6) is 17.2 Å². The maximum Gasteiger partial charge on any atom is 0.127 e. The van der Waals surface area contributed by atoms with Gasteiger partial charge in [-0.25, -0.2) is 0 Å². The zero-order valence-electron chi connectivity index (χ0n) is 10.6. The predicted octanol–water partition coefficient (Wildman–Crippen LogP) is 3.50. The molecule has 0 aliphatic carbocycles. The number of benzene rings is 2. The molecular formula is C16H16O3. The van der Waals surface area contributed by atoms with Gasteiger partial charge in [0.2, 0.25) is 0 Å². The van der Waals surface area contributed by atoms with Crippen LogP contribution in [-0.4, -0.2) is 19.8 Å². The van der Waals surface area contributed by atoms with E-state index in [-0.39, 0.29) is 0 Å². The number of rotatable bonds is 5. The number of hydrogen-bond acceptors (Lipinski definition) is 3. The minimum Gasteiger partial charge on any atom is -0.493 e. The molecule has 3 nitrogen and oxygen atoms in total. The minimum atomic E-state index is 0.542. The molecule has 0 radical (unpaired) electrons. The van der Waals surface area contributed by atoms with Crippen LogP contribution in [0.1, 0.15) is 0 Å². The molecular weight excluding hydrogens is 240 g/mol. The zero-order chi connectivity index (χ0) is 12.9.